The highest BCUT2D eigenvalue weighted by atomic mass is 19.4. The summed E-state index contributed by atoms with van der Waals surface area (Å²) in [5, 5.41) is 16.5. The third-order valence-electron chi connectivity index (χ3n) is 5.97. The van der Waals surface area contributed by atoms with Gasteiger partial charge in [0.15, 0.2) is 0 Å². The summed E-state index contributed by atoms with van der Waals surface area (Å²) in [5.74, 6) is -2.96. The van der Waals surface area contributed by atoms with Gasteiger partial charge in [-0.3, -0.25) is 9.48 Å². The number of carboxylic acid groups (broad SMARTS) is 1. The molecule has 0 spiro atoms. The van der Waals surface area contributed by atoms with Gasteiger partial charge < -0.3 is 15.2 Å². The van der Waals surface area contributed by atoms with Crippen LogP contribution in [-0.4, -0.2) is 40.5 Å². The predicted octanol–water partition coefficient (Wildman–Crippen LogP) is 4.72. The lowest BCUT2D eigenvalue weighted by Gasteiger charge is -2.18. The number of methoxy groups -OCH3 is 1. The molecule has 0 bridgehead atoms. The van der Waals surface area contributed by atoms with Crippen LogP contribution < -0.4 is 5.32 Å². The van der Waals surface area contributed by atoms with Crippen molar-refractivity contribution in [1.82, 2.24) is 9.78 Å². The van der Waals surface area contributed by atoms with E-state index < -0.39 is 34.8 Å². The molecule has 0 unspecified atom stereocenters. The number of alkyl halides is 3. The molecule has 1 saturated carbocycles. The normalized spacial score (nSPS) is 14.5. The first-order chi connectivity index (χ1) is 16.5. The number of nitrogens with one attached hydrogen (secondary N) is 1. The minimum atomic E-state index is -4.70. The van der Waals surface area contributed by atoms with Gasteiger partial charge in [0.05, 0.1) is 35.9 Å². The van der Waals surface area contributed by atoms with E-state index in [0.29, 0.717) is 30.3 Å². The number of carbonyl (C=O) groups excluding carboxylic acids is 1. The largest absolute Gasteiger partial charge is 0.478 e. The van der Waals surface area contributed by atoms with E-state index in [0.717, 1.165) is 12.1 Å². The highest BCUT2D eigenvalue weighted by Crippen LogP contribution is 2.50. The average Bonchev–Trinajstić information content (AvgIpc) is 3.48. The molecule has 1 aliphatic rings. The summed E-state index contributed by atoms with van der Waals surface area (Å²) in [6.07, 6.45) is -1.00. The molecule has 0 saturated heterocycles. The van der Waals surface area contributed by atoms with Crippen LogP contribution in [0.25, 0.3) is 11.1 Å². The number of ether oxygens (including phenoxy) is 1. The Morgan fingerprint density at radius 1 is 1.20 bits per heavy atom. The van der Waals surface area contributed by atoms with Crippen molar-refractivity contribution in [2.24, 2.45) is 0 Å². The monoisotopic (exact) mass is 491 g/mol. The fourth-order valence-corrected chi connectivity index (χ4v) is 3.93. The molecular weight excluding hydrogens is 470 g/mol. The quantitative estimate of drug-likeness (QED) is 0.445. The van der Waals surface area contributed by atoms with Crippen molar-refractivity contribution < 1.29 is 37.0 Å². The van der Waals surface area contributed by atoms with Gasteiger partial charge in [0, 0.05) is 30.1 Å². The number of aromatic carboxylic acids is 1. The fraction of sp³-hybridized carbons (Fsp3) is 0.292. The van der Waals surface area contributed by atoms with Crippen LogP contribution in [0.5, 0.6) is 0 Å². The number of hydrogen-bond acceptors (Lipinski definition) is 4. The number of carbonyl (C=O) groups is 2. The van der Waals surface area contributed by atoms with Crippen LogP contribution in [-0.2, 0) is 27.7 Å². The smallest absolute Gasteiger partial charge is 0.416 e. The zero-order chi connectivity index (χ0) is 25.4. The summed E-state index contributed by atoms with van der Waals surface area (Å²) in [5.41, 5.74) is -1.54. The number of rotatable bonds is 8. The Morgan fingerprint density at radius 2 is 1.94 bits per heavy atom. The van der Waals surface area contributed by atoms with Crippen LogP contribution in [0.2, 0.25) is 0 Å². The van der Waals surface area contributed by atoms with Crippen LogP contribution in [0.1, 0.15) is 34.3 Å². The Labute approximate surface area is 197 Å². The topological polar surface area (TPSA) is 93.5 Å². The highest BCUT2D eigenvalue weighted by Gasteiger charge is 2.53. The number of hydrogen-bond donors (Lipinski definition) is 2. The first kappa shape index (κ1) is 24.4. The predicted molar refractivity (Wildman–Crippen MR) is 117 cm³/mol. The van der Waals surface area contributed by atoms with Gasteiger partial charge in [-0.05, 0) is 42.7 Å². The van der Waals surface area contributed by atoms with E-state index >= 15 is 0 Å². The van der Waals surface area contributed by atoms with Crippen LogP contribution in [0.4, 0.5) is 23.2 Å². The van der Waals surface area contributed by atoms with E-state index in [1.165, 1.54) is 24.4 Å². The summed E-state index contributed by atoms with van der Waals surface area (Å²) in [6, 6.07) is 6.42. The maximum absolute atomic E-state index is 14.5. The molecular formula is C24H21F4N3O4. The third kappa shape index (κ3) is 4.90. The molecule has 0 atom stereocenters. The Kier molecular flexibility index (Phi) is 6.37. The van der Waals surface area contributed by atoms with Gasteiger partial charge in [-0.1, -0.05) is 12.1 Å². The van der Waals surface area contributed by atoms with Crippen LogP contribution >= 0.6 is 0 Å². The van der Waals surface area contributed by atoms with E-state index in [2.05, 4.69) is 10.4 Å². The number of benzene rings is 2. The van der Waals surface area contributed by atoms with Gasteiger partial charge in [0.1, 0.15) is 5.82 Å². The first-order valence-electron chi connectivity index (χ1n) is 10.6. The zero-order valence-electron chi connectivity index (χ0n) is 18.5. The Balaban J connectivity index is 1.58. The molecule has 1 fully saturated rings. The number of carboxylic acids is 1. The SMILES string of the molecule is COCCn1cc(-c2ccc(NC(=O)C3(c4ccc(C(F)(F)F)cc4F)CC3)cc2C(=O)O)cn1. The maximum atomic E-state index is 14.5. The van der Waals surface area contributed by atoms with E-state index in [1.807, 2.05) is 0 Å². The number of amides is 1. The average molecular weight is 491 g/mol. The fourth-order valence-electron chi connectivity index (χ4n) is 3.93. The van der Waals surface area contributed by atoms with E-state index in [-0.39, 0.29) is 29.7 Å². The second-order valence-electron chi connectivity index (χ2n) is 8.28. The summed E-state index contributed by atoms with van der Waals surface area (Å²) in [6.45, 7) is 0.911. The van der Waals surface area contributed by atoms with E-state index in [9.17, 15) is 32.3 Å². The van der Waals surface area contributed by atoms with Crippen molar-refractivity contribution in [3.63, 3.8) is 0 Å². The summed E-state index contributed by atoms with van der Waals surface area (Å²) in [4.78, 5) is 24.9. The summed E-state index contributed by atoms with van der Waals surface area (Å²) in [7, 11) is 1.55. The lowest BCUT2D eigenvalue weighted by atomic mass is 9.93. The van der Waals surface area contributed by atoms with Crippen molar-refractivity contribution in [1.29, 1.82) is 0 Å². The maximum Gasteiger partial charge on any atom is 0.416 e. The van der Waals surface area contributed by atoms with Gasteiger partial charge in [0.25, 0.3) is 0 Å². The lowest BCUT2D eigenvalue weighted by molar-refractivity contribution is -0.137. The molecule has 2 aromatic carbocycles. The van der Waals surface area contributed by atoms with Crippen molar-refractivity contribution >= 4 is 17.6 Å². The van der Waals surface area contributed by atoms with Crippen molar-refractivity contribution in [2.45, 2.75) is 31.0 Å². The van der Waals surface area contributed by atoms with Crippen molar-refractivity contribution in [3.05, 3.63) is 71.3 Å². The Hall–Kier alpha value is -3.73. The number of nitrogens with zero attached hydrogens (tertiary/aromatic N) is 2. The molecule has 11 heteroatoms. The molecule has 7 nitrogen and oxygen atoms in total. The molecule has 1 aromatic heterocycles. The number of aromatic nitrogens is 2. The minimum absolute atomic E-state index is 0.0837. The molecule has 2 N–H and O–H groups in total. The minimum Gasteiger partial charge on any atom is -0.478 e. The molecule has 0 aliphatic heterocycles. The summed E-state index contributed by atoms with van der Waals surface area (Å²) < 4.78 is 59.7. The van der Waals surface area contributed by atoms with Crippen LogP contribution in [0.15, 0.2) is 48.8 Å². The molecule has 4 rings (SSSR count). The molecule has 0 radical (unpaired) electrons. The van der Waals surface area contributed by atoms with Crippen molar-refractivity contribution in [2.75, 3.05) is 19.0 Å². The lowest BCUT2D eigenvalue weighted by Crippen LogP contribution is -2.29. The molecule has 1 heterocycles. The molecule has 184 valence electrons. The van der Waals surface area contributed by atoms with Crippen molar-refractivity contribution in [3.8, 4) is 11.1 Å². The second kappa shape index (κ2) is 9.14. The first-order valence-corrected chi connectivity index (χ1v) is 10.6. The number of halogens is 4. The van der Waals surface area contributed by atoms with Gasteiger partial charge in [-0.2, -0.15) is 18.3 Å². The van der Waals surface area contributed by atoms with E-state index in [4.69, 9.17) is 4.74 Å². The van der Waals surface area contributed by atoms with Crippen LogP contribution in [0.3, 0.4) is 0 Å². The second-order valence-corrected chi connectivity index (χ2v) is 8.28. The third-order valence-corrected chi connectivity index (χ3v) is 5.97. The Morgan fingerprint density at radius 3 is 2.54 bits per heavy atom. The van der Waals surface area contributed by atoms with Gasteiger partial charge in [-0.25, -0.2) is 9.18 Å². The molecule has 35 heavy (non-hydrogen) atoms. The van der Waals surface area contributed by atoms with Gasteiger partial charge in [-0.15, -0.1) is 0 Å². The standard InChI is InChI=1S/C24H21F4N3O4/c1-35-9-8-31-13-14(12-29-31)17-4-3-16(11-18(17)21(32)33)30-22(34)23(6-7-23)19-5-2-15(10-20(19)25)24(26,27)28/h2-5,10-13H,6-9H2,1H3,(H,30,34)(H,32,33). The summed E-state index contributed by atoms with van der Waals surface area (Å²) >= 11 is 0. The molecule has 1 amide bonds. The molecule has 1 aliphatic carbocycles. The zero-order valence-corrected chi connectivity index (χ0v) is 18.5. The number of anilines is 1. The van der Waals surface area contributed by atoms with E-state index in [1.54, 1.807) is 18.0 Å². The van der Waals surface area contributed by atoms with Gasteiger partial charge >= 0.3 is 12.1 Å². The molecule has 3 aromatic rings. The van der Waals surface area contributed by atoms with Crippen LogP contribution in [0, 0.1) is 5.82 Å². The highest BCUT2D eigenvalue weighted by molar-refractivity contribution is 6.03. The van der Waals surface area contributed by atoms with Gasteiger partial charge in [0.2, 0.25) is 5.91 Å². The Bertz CT molecular complexity index is 1280.